The Labute approximate surface area is 238 Å². The Hall–Kier alpha value is -3.47. The van der Waals surface area contributed by atoms with Crippen molar-refractivity contribution in [2.75, 3.05) is 20.9 Å². The summed E-state index contributed by atoms with van der Waals surface area (Å²) in [5, 5.41) is 6.91. The van der Waals surface area contributed by atoms with Crippen LogP contribution in [-0.2, 0) is 38.6 Å². The number of carbonyl (C=O) groups excluding carboxylic acids is 2. The summed E-state index contributed by atoms with van der Waals surface area (Å²) in [4.78, 5) is 44.1. The Bertz CT molecular complexity index is 1610. The van der Waals surface area contributed by atoms with Crippen LogP contribution in [0.3, 0.4) is 0 Å². The third-order valence-corrected chi connectivity index (χ3v) is 8.49. The molecule has 0 saturated carbocycles. The van der Waals surface area contributed by atoms with E-state index in [1.165, 1.54) is 13.2 Å². The van der Waals surface area contributed by atoms with Crippen molar-refractivity contribution in [2.24, 2.45) is 0 Å². The number of halogens is 1. The van der Waals surface area contributed by atoms with Gasteiger partial charge in [0.2, 0.25) is 0 Å². The van der Waals surface area contributed by atoms with Crippen molar-refractivity contribution in [1.29, 1.82) is 0 Å². The number of hydrogen-bond donors (Lipinski definition) is 2. The summed E-state index contributed by atoms with van der Waals surface area (Å²) in [5.74, 6) is -1.08. The zero-order valence-corrected chi connectivity index (χ0v) is 24.4. The van der Waals surface area contributed by atoms with Gasteiger partial charge in [-0.3, -0.25) is 14.9 Å². The number of hydrogen-bond acceptors (Lipinski definition) is 7. The Balaban J connectivity index is 1.74. The summed E-state index contributed by atoms with van der Waals surface area (Å²) >= 11 is 0. The topological polar surface area (TPSA) is 112 Å². The molecule has 2 atom stereocenters. The average molecular weight is 565 g/mol. The van der Waals surface area contributed by atoms with Crippen LogP contribution in [0.4, 0.5) is 4.39 Å². The molecule has 0 radical (unpaired) electrons. The summed E-state index contributed by atoms with van der Waals surface area (Å²) in [6.45, 7) is 7.63. The van der Waals surface area contributed by atoms with E-state index in [2.05, 4.69) is 10.6 Å². The number of amides is 1. The van der Waals surface area contributed by atoms with Crippen molar-refractivity contribution in [3.05, 3.63) is 61.7 Å². The number of ether oxygens (including phenoxy) is 2. The van der Waals surface area contributed by atoms with E-state index in [4.69, 9.17) is 14.5 Å². The smallest absolute Gasteiger partial charge is 0.257 e. The van der Waals surface area contributed by atoms with E-state index < -0.39 is 17.6 Å². The number of nitrogens with zero attached hydrogens (tertiary/aromatic N) is 2. The van der Waals surface area contributed by atoms with Crippen LogP contribution in [0, 0.1) is 12.7 Å². The van der Waals surface area contributed by atoms with Gasteiger partial charge in [-0.1, -0.05) is 6.92 Å². The minimum Gasteiger partial charge on any atom is -0.380 e. The van der Waals surface area contributed by atoms with Crippen molar-refractivity contribution >= 4 is 23.1 Å². The highest BCUT2D eigenvalue weighted by atomic mass is 19.1. The largest absolute Gasteiger partial charge is 0.380 e. The van der Waals surface area contributed by atoms with Crippen molar-refractivity contribution in [2.45, 2.75) is 77.7 Å². The average Bonchev–Trinajstić information content (AvgIpc) is 3.32. The second-order valence-corrected chi connectivity index (χ2v) is 11.4. The highest BCUT2D eigenvalue weighted by Crippen LogP contribution is 2.45. The van der Waals surface area contributed by atoms with Gasteiger partial charge in [0.15, 0.2) is 0 Å². The van der Waals surface area contributed by atoms with E-state index in [1.807, 2.05) is 13.0 Å². The number of fused-ring (bicyclic) bond motifs is 4. The Morgan fingerprint density at radius 3 is 2.73 bits per heavy atom. The first-order chi connectivity index (χ1) is 19.6. The van der Waals surface area contributed by atoms with Gasteiger partial charge in [-0.05, 0) is 75.4 Å². The van der Waals surface area contributed by atoms with Crippen LogP contribution in [0.2, 0.25) is 0 Å². The first-order valence-electron chi connectivity index (χ1n) is 14.0. The molecule has 1 aliphatic carbocycles. The van der Waals surface area contributed by atoms with Gasteiger partial charge in [-0.2, -0.15) is 0 Å². The van der Waals surface area contributed by atoms with Crippen LogP contribution < -0.4 is 16.2 Å². The maximum absolute atomic E-state index is 15.1. The van der Waals surface area contributed by atoms with E-state index >= 15 is 4.39 Å². The van der Waals surface area contributed by atoms with Crippen LogP contribution in [0.15, 0.2) is 16.9 Å². The monoisotopic (exact) mass is 564 g/mol. The Morgan fingerprint density at radius 1 is 1.32 bits per heavy atom. The van der Waals surface area contributed by atoms with E-state index in [0.29, 0.717) is 52.9 Å². The highest BCUT2D eigenvalue weighted by Gasteiger charge is 2.37. The first kappa shape index (κ1) is 29.0. The second-order valence-electron chi connectivity index (χ2n) is 11.4. The second kappa shape index (κ2) is 11.1. The number of carbonyl (C=O) groups is 2. The molecule has 1 aromatic carbocycles. The number of rotatable bonds is 10. The predicted octanol–water partition coefficient (Wildman–Crippen LogP) is 3.79. The molecule has 3 heterocycles. The third kappa shape index (κ3) is 4.77. The zero-order valence-electron chi connectivity index (χ0n) is 24.4. The molecule has 10 heteroatoms. The molecule has 0 saturated heterocycles. The summed E-state index contributed by atoms with van der Waals surface area (Å²) < 4.78 is 27.9. The van der Waals surface area contributed by atoms with Crippen molar-refractivity contribution in [3.63, 3.8) is 0 Å². The maximum atomic E-state index is 15.1. The Kier molecular flexibility index (Phi) is 7.84. The molecule has 0 fully saturated rings. The lowest BCUT2D eigenvalue weighted by molar-refractivity contribution is -0.144. The molecule has 5 rings (SSSR count). The van der Waals surface area contributed by atoms with Gasteiger partial charge < -0.3 is 24.2 Å². The number of pyridine rings is 2. The van der Waals surface area contributed by atoms with Gasteiger partial charge in [0.1, 0.15) is 17.7 Å². The number of aryl methyl sites for hydroxylation is 1. The molecular weight excluding hydrogens is 527 g/mol. The normalized spacial score (nSPS) is 16.4. The number of aldehydes is 1. The van der Waals surface area contributed by atoms with Crippen molar-refractivity contribution in [1.82, 2.24) is 20.2 Å². The molecule has 1 aliphatic heterocycles. The fourth-order valence-electron chi connectivity index (χ4n) is 6.17. The first-order valence-corrected chi connectivity index (χ1v) is 14.0. The molecule has 3 aromatic rings. The maximum Gasteiger partial charge on any atom is 0.257 e. The number of benzene rings is 1. The highest BCUT2D eigenvalue weighted by molar-refractivity contribution is 5.94. The van der Waals surface area contributed by atoms with Crippen LogP contribution in [0.5, 0.6) is 0 Å². The fraction of sp³-hybridized carbons (Fsp3) is 0.484. The summed E-state index contributed by atoms with van der Waals surface area (Å²) in [7, 11) is 3.26. The minimum atomic E-state index is -1.09. The molecule has 9 nitrogen and oxygen atoms in total. The lowest BCUT2D eigenvalue weighted by atomic mass is 9.81. The van der Waals surface area contributed by atoms with Gasteiger partial charge in [-0.25, -0.2) is 9.37 Å². The van der Waals surface area contributed by atoms with Crippen LogP contribution in [0.25, 0.3) is 22.3 Å². The Morgan fingerprint density at radius 2 is 2.07 bits per heavy atom. The summed E-state index contributed by atoms with van der Waals surface area (Å²) in [6, 6.07) is 2.90. The quantitative estimate of drug-likeness (QED) is 0.223. The lowest BCUT2D eigenvalue weighted by Crippen LogP contribution is -2.47. The van der Waals surface area contributed by atoms with E-state index in [1.54, 1.807) is 32.4 Å². The third-order valence-electron chi connectivity index (χ3n) is 8.49. The molecule has 41 heavy (non-hydrogen) atoms. The van der Waals surface area contributed by atoms with Crippen LogP contribution in [0.1, 0.15) is 79.0 Å². The molecule has 0 bridgehead atoms. The zero-order chi connectivity index (χ0) is 29.6. The van der Waals surface area contributed by atoms with E-state index in [-0.39, 0.29) is 37.2 Å². The van der Waals surface area contributed by atoms with Gasteiger partial charge in [0.25, 0.3) is 11.5 Å². The number of methoxy groups -OCH3 is 1. The molecule has 2 unspecified atom stereocenters. The summed E-state index contributed by atoms with van der Waals surface area (Å²) in [6.07, 6.45) is 2.51. The SMILES string of the molecule is CCC(C=O)c1cc2n(c(=O)c1COC)Cc1c-2nc2cc(F)c(C)c3c2c1C(NC(=O)C(C)(C)OCNC)CC3. The molecule has 2 N–H and O–H groups in total. The van der Waals surface area contributed by atoms with E-state index in [9.17, 15) is 14.4 Å². The number of aromatic nitrogens is 2. The summed E-state index contributed by atoms with van der Waals surface area (Å²) in [5.41, 5.74) is 4.46. The number of nitrogens with one attached hydrogen (secondary N) is 2. The molecule has 0 spiro atoms. The van der Waals surface area contributed by atoms with Crippen molar-refractivity contribution in [3.8, 4) is 11.4 Å². The van der Waals surface area contributed by atoms with Crippen molar-refractivity contribution < 1.29 is 23.5 Å². The molecule has 2 aliphatic rings. The van der Waals surface area contributed by atoms with Crippen LogP contribution in [-0.4, -0.2) is 48.2 Å². The van der Waals surface area contributed by atoms with Gasteiger partial charge in [0.05, 0.1) is 42.8 Å². The molecule has 2 aromatic heterocycles. The molecular formula is C31H37FN4O5. The van der Waals surface area contributed by atoms with Crippen LogP contribution >= 0.6 is 0 Å². The van der Waals surface area contributed by atoms with Gasteiger partial charge >= 0.3 is 0 Å². The van der Waals surface area contributed by atoms with E-state index in [0.717, 1.165) is 28.4 Å². The standard InChI is InChI=1S/C31H37FN4O5/c1-7-17(13-37)19-10-25-28-20(12-36(25)29(38)21(19)14-40-6)27-23(35-30(39)31(3,4)41-15-33-5)9-8-18-16(2)22(32)11-24(34-28)26(18)27/h10-11,13,17,23,33H,7-9,12,14-15H2,1-6H3,(H,35,39). The molecule has 1 amide bonds. The molecule has 218 valence electrons. The van der Waals surface area contributed by atoms with Gasteiger partial charge in [0, 0.05) is 35.6 Å². The fourth-order valence-corrected chi connectivity index (χ4v) is 6.17. The predicted molar refractivity (Wildman–Crippen MR) is 153 cm³/mol. The van der Waals surface area contributed by atoms with Gasteiger partial charge in [-0.15, -0.1) is 0 Å². The minimum absolute atomic E-state index is 0.0757. The lowest BCUT2D eigenvalue weighted by Gasteiger charge is -2.32.